The van der Waals surface area contributed by atoms with Crippen molar-refractivity contribution >= 4 is 34.0 Å². The lowest BCUT2D eigenvalue weighted by Gasteiger charge is -2.10. The Morgan fingerprint density at radius 2 is 2.05 bits per heavy atom. The minimum absolute atomic E-state index is 0.660. The zero-order valence-corrected chi connectivity index (χ0v) is 12.7. The Bertz CT molecular complexity index is 711. The van der Waals surface area contributed by atoms with Crippen LogP contribution in [-0.2, 0) is 6.42 Å². The molecular formula is C15H17N5S. The quantitative estimate of drug-likeness (QED) is 0.732. The fourth-order valence-electron chi connectivity index (χ4n) is 2.11. The molecule has 0 radical (unpaired) electrons. The fraction of sp³-hybridized carbons (Fsp3) is 0.267. The third kappa shape index (κ3) is 3.28. The topological polar surface area (TPSA) is 62.7 Å². The van der Waals surface area contributed by atoms with Gasteiger partial charge in [-0.05, 0) is 19.1 Å². The molecule has 0 amide bonds. The molecule has 2 aromatic heterocycles. The first kappa shape index (κ1) is 13.8. The molecule has 0 aliphatic heterocycles. The van der Waals surface area contributed by atoms with Gasteiger partial charge in [-0.15, -0.1) is 11.3 Å². The Morgan fingerprint density at radius 3 is 2.86 bits per heavy atom. The van der Waals surface area contributed by atoms with Gasteiger partial charge in [0.15, 0.2) is 0 Å². The highest BCUT2D eigenvalue weighted by Gasteiger charge is 2.06. The van der Waals surface area contributed by atoms with Gasteiger partial charge >= 0.3 is 0 Å². The van der Waals surface area contributed by atoms with Crippen molar-refractivity contribution in [1.29, 1.82) is 0 Å². The van der Waals surface area contributed by atoms with Gasteiger partial charge in [-0.2, -0.15) is 4.98 Å². The number of aromatic nitrogens is 3. The minimum atomic E-state index is 0.660. The van der Waals surface area contributed by atoms with Gasteiger partial charge in [0.25, 0.3) is 0 Å². The Labute approximate surface area is 127 Å². The summed E-state index contributed by atoms with van der Waals surface area (Å²) in [5.74, 6) is 1.53. The molecule has 0 aliphatic carbocycles. The standard InChI is InChI=1S/C15H17N5S/c1-2-16-15-19-12-6-4-3-5-11(12)14(20-15)18-8-7-13-17-9-10-21-13/h3-6,9-10H,2,7-8H2,1H3,(H2,16,18,19,20). The first-order valence-corrected chi connectivity index (χ1v) is 7.87. The van der Waals surface area contributed by atoms with E-state index in [9.17, 15) is 0 Å². The SMILES string of the molecule is CCNc1nc(NCCc2nccs2)c2ccccc2n1. The van der Waals surface area contributed by atoms with Crippen LogP contribution >= 0.6 is 11.3 Å². The second-order valence-electron chi connectivity index (χ2n) is 4.55. The number of fused-ring (bicyclic) bond motifs is 1. The molecule has 0 fully saturated rings. The summed E-state index contributed by atoms with van der Waals surface area (Å²) in [5, 5.41) is 10.7. The van der Waals surface area contributed by atoms with Gasteiger partial charge in [0, 0.05) is 36.5 Å². The summed E-state index contributed by atoms with van der Waals surface area (Å²) in [6, 6.07) is 8.04. The highest BCUT2D eigenvalue weighted by molar-refractivity contribution is 7.09. The molecule has 108 valence electrons. The van der Waals surface area contributed by atoms with Crippen molar-refractivity contribution < 1.29 is 0 Å². The molecule has 0 bridgehead atoms. The van der Waals surface area contributed by atoms with E-state index < -0.39 is 0 Å². The zero-order valence-electron chi connectivity index (χ0n) is 11.8. The van der Waals surface area contributed by atoms with Gasteiger partial charge in [-0.25, -0.2) is 9.97 Å². The van der Waals surface area contributed by atoms with Gasteiger partial charge in [-0.1, -0.05) is 12.1 Å². The van der Waals surface area contributed by atoms with Crippen LogP contribution in [0.2, 0.25) is 0 Å². The maximum atomic E-state index is 4.56. The molecule has 2 N–H and O–H groups in total. The highest BCUT2D eigenvalue weighted by Crippen LogP contribution is 2.21. The summed E-state index contributed by atoms with van der Waals surface area (Å²) in [6.07, 6.45) is 2.73. The first-order chi connectivity index (χ1) is 10.4. The Kier molecular flexibility index (Phi) is 4.25. The molecule has 6 heteroatoms. The Balaban J connectivity index is 1.81. The zero-order chi connectivity index (χ0) is 14.5. The first-order valence-electron chi connectivity index (χ1n) is 6.99. The number of anilines is 2. The maximum absolute atomic E-state index is 4.56. The summed E-state index contributed by atoms with van der Waals surface area (Å²) in [7, 11) is 0. The summed E-state index contributed by atoms with van der Waals surface area (Å²) in [6.45, 7) is 3.64. The lowest BCUT2D eigenvalue weighted by atomic mass is 10.2. The molecule has 0 atom stereocenters. The lowest BCUT2D eigenvalue weighted by Crippen LogP contribution is -2.09. The Hall–Kier alpha value is -2.21. The molecule has 0 saturated heterocycles. The predicted octanol–water partition coefficient (Wildman–Crippen LogP) is 3.17. The van der Waals surface area contributed by atoms with Crippen LogP contribution in [0.25, 0.3) is 10.9 Å². The van der Waals surface area contributed by atoms with Crippen LogP contribution in [-0.4, -0.2) is 28.0 Å². The average Bonchev–Trinajstić information content (AvgIpc) is 3.01. The van der Waals surface area contributed by atoms with Crippen LogP contribution in [0.5, 0.6) is 0 Å². The number of hydrogen-bond donors (Lipinski definition) is 2. The van der Waals surface area contributed by atoms with E-state index in [1.807, 2.05) is 42.8 Å². The number of hydrogen-bond acceptors (Lipinski definition) is 6. The highest BCUT2D eigenvalue weighted by atomic mass is 32.1. The van der Waals surface area contributed by atoms with E-state index in [0.717, 1.165) is 41.2 Å². The van der Waals surface area contributed by atoms with Crippen LogP contribution in [0.1, 0.15) is 11.9 Å². The van der Waals surface area contributed by atoms with Crippen molar-refractivity contribution in [2.24, 2.45) is 0 Å². The monoisotopic (exact) mass is 299 g/mol. The molecule has 1 aromatic carbocycles. The molecule has 5 nitrogen and oxygen atoms in total. The van der Waals surface area contributed by atoms with E-state index in [4.69, 9.17) is 0 Å². The number of rotatable bonds is 6. The minimum Gasteiger partial charge on any atom is -0.369 e. The fourth-order valence-corrected chi connectivity index (χ4v) is 2.73. The van der Waals surface area contributed by atoms with Crippen molar-refractivity contribution in [1.82, 2.24) is 15.0 Å². The summed E-state index contributed by atoms with van der Waals surface area (Å²) in [4.78, 5) is 13.4. The molecule has 3 rings (SSSR count). The van der Waals surface area contributed by atoms with Gasteiger partial charge in [0.1, 0.15) is 5.82 Å². The third-order valence-corrected chi connectivity index (χ3v) is 3.89. The molecule has 0 saturated carbocycles. The van der Waals surface area contributed by atoms with Crippen LogP contribution in [0.4, 0.5) is 11.8 Å². The smallest absolute Gasteiger partial charge is 0.225 e. The van der Waals surface area contributed by atoms with Gasteiger partial charge < -0.3 is 10.6 Å². The molecule has 0 unspecified atom stereocenters. The van der Waals surface area contributed by atoms with Crippen molar-refractivity contribution in [2.75, 3.05) is 23.7 Å². The average molecular weight is 299 g/mol. The van der Waals surface area contributed by atoms with Gasteiger partial charge in [0.05, 0.1) is 10.5 Å². The van der Waals surface area contributed by atoms with Crippen LogP contribution in [0.15, 0.2) is 35.8 Å². The second-order valence-corrected chi connectivity index (χ2v) is 5.53. The number of thiazole rings is 1. The normalized spacial score (nSPS) is 10.7. The molecule has 3 aromatic rings. The summed E-state index contributed by atoms with van der Waals surface area (Å²) < 4.78 is 0. The van der Waals surface area contributed by atoms with E-state index in [1.54, 1.807) is 11.3 Å². The van der Waals surface area contributed by atoms with E-state index >= 15 is 0 Å². The predicted molar refractivity (Wildman–Crippen MR) is 88.0 cm³/mol. The van der Waals surface area contributed by atoms with Crippen LogP contribution in [0.3, 0.4) is 0 Å². The number of nitrogens with one attached hydrogen (secondary N) is 2. The number of para-hydroxylation sites is 1. The summed E-state index contributed by atoms with van der Waals surface area (Å²) in [5.41, 5.74) is 0.945. The molecule has 0 spiro atoms. The van der Waals surface area contributed by atoms with Crippen molar-refractivity contribution in [3.63, 3.8) is 0 Å². The lowest BCUT2D eigenvalue weighted by molar-refractivity contribution is 0.986. The molecule has 21 heavy (non-hydrogen) atoms. The molecular weight excluding hydrogens is 282 g/mol. The largest absolute Gasteiger partial charge is 0.369 e. The maximum Gasteiger partial charge on any atom is 0.225 e. The van der Waals surface area contributed by atoms with E-state index in [1.165, 1.54) is 0 Å². The van der Waals surface area contributed by atoms with Gasteiger partial charge in [0.2, 0.25) is 5.95 Å². The summed E-state index contributed by atoms with van der Waals surface area (Å²) >= 11 is 1.68. The van der Waals surface area contributed by atoms with Crippen molar-refractivity contribution in [3.8, 4) is 0 Å². The van der Waals surface area contributed by atoms with Crippen LogP contribution < -0.4 is 10.6 Å². The Morgan fingerprint density at radius 1 is 1.14 bits per heavy atom. The number of benzene rings is 1. The van der Waals surface area contributed by atoms with Gasteiger partial charge in [-0.3, -0.25) is 0 Å². The third-order valence-electron chi connectivity index (χ3n) is 3.05. The number of nitrogens with zero attached hydrogens (tertiary/aromatic N) is 3. The van der Waals surface area contributed by atoms with Crippen molar-refractivity contribution in [3.05, 3.63) is 40.8 Å². The van der Waals surface area contributed by atoms with Crippen molar-refractivity contribution in [2.45, 2.75) is 13.3 Å². The second kappa shape index (κ2) is 6.49. The van der Waals surface area contributed by atoms with Crippen LogP contribution in [0, 0.1) is 0 Å². The molecule has 2 heterocycles. The van der Waals surface area contributed by atoms with E-state index in [0.29, 0.717) is 5.95 Å². The van der Waals surface area contributed by atoms with E-state index in [2.05, 4.69) is 25.6 Å². The van der Waals surface area contributed by atoms with E-state index in [-0.39, 0.29) is 0 Å². The molecule has 0 aliphatic rings.